The molecule has 1 aliphatic rings. The molecule has 102 valence electrons. The zero-order chi connectivity index (χ0) is 13.6. The van der Waals surface area contributed by atoms with Gasteiger partial charge in [0.05, 0.1) is 11.0 Å². The van der Waals surface area contributed by atoms with Crippen LogP contribution in [0.15, 0.2) is 12.1 Å². The molecular weight excluding hydrogens is 234 g/mol. The van der Waals surface area contributed by atoms with Gasteiger partial charge in [-0.05, 0) is 56.9 Å². The van der Waals surface area contributed by atoms with Crippen LogP contribution < -0.4 is 5.73 Å². The largest absolute Gasteiger partial charge is 0.328 e. The molecule has 1 aliphatic carbocycles. The van der Waals surface area contributed by atoms with Gasteiger partial charge in [-0.1, -0.05) is 6.42 Å². The maximum Gasteiger partial charge on any atom is 0.113 e. The van der Waals surface area contributed by atoms with Crippen molar-refractivity contribution in [2.75, 3.05) is 6.54 Å². The van der Waals surface area contributed by atoms with Gasteiger partial charge in [0.2, 0.25) is 0 Å². The minimum absolute atomic E-state index is 0.322. The van der Waals surface area contributed by atoms with E-state index < -0.39 is 0 Å². The second-order valence-corrected chi connectivity index (χ2v) is 5.98. The molecule has 1 fully saturated rings. The van der Waals surface area contributed by atoms with Crippen molar-refractivity contribution in [2.24, 2.45) is 5.73 Å². The van der Waals surface area contributed by atoms with Crippen molar-refractivity contribution in [3.05, 3.63) is 29.1 Å². The molecular formula is C16H23N3. The maximum absolute atomic E-state index is 5.90. The number of benzene rings is 1. The lowest BCUT2D eigenvalue weighted by Crippen LogP contribution is -2.22. The van der Waals surface area contributed by atoms with Crippen molar-refractivity contribution in [1.82, 2.24) is 9.55 Å². The zero-order valence-electron chi connectivity index (χ0n) is 12.1. The lowest BCUT2D eigenvalue weighted by atomic mass is 9.84. The minimum Gasteiger partial charge on any atom is -0.328 e. The molecule has 0 spiro atoms. The molecule has 0 saturated heterocycles. The first-order chi connectivity index (χ1) is 9.11. The van der Waals surface area contributed by atoms with Crippen molar-refractivity contribution in [3.8, 4) is 0 Å². The summed E-state index contributed by atoms with van der Waals surface area (Å²) in [6, 6.07) is 4.81. The van der Waals surface area contributed by atoms with Crippen LogP contribution in [0.25, 0.3) is 11.0 Å². The van der Waals surface area contributed by atoms with Crippen LogP contribution in [-0.4, -0.2) is 16.1 Å². The fourth-order valence-electron chi connectivity index (χ4n) is 2.89. The molecule has 1 heterocycles. The second-order valence-electron chi connectivity index (χ2n) is 5.98. The second kappa shape index (κ2) is 4.64. The third kappa shape index (κ3) is 1.96. The van der Waals surface area contributed by atoms with E-state index in [-0.39, 0.29) is 0 Å². The van der Waals surface area contributed by atoms with Crippen LogP contribution in [0.3, 0.4) is 0 Å². The Morgan fingerprint density at radius 3 is 2.58 bits per heavy atom. The zero-order valence-corrected chi connectivity index (χ0v) is 12.1. The predicted octanol–water partition coefficient (Wildman–Crippen LogP) is 3.44. The van der Waals surface area contributed by atoms with Crippen molar-refractivity contribution < 1.29 is 0 Å². The number of aryl methyl sites for hydroxylation is 2. The van der Waals surface area contributed by atoms with Gasteiger partial charge >= 0.3 is 0 Å². The summed E-state index contributed by atoms with van der Waals surface area (Å²) in [6.07, 6.45) is 3.89. The number of nitrogens with zero attached hydrogens (tertiary/aromatic N) is 2. The highest BCUT2D eigenvalue weighted by atomic mass is 15.1. The topological polar surface area (TPSA) is 43.8 Å². The number of rotatable bonds is 3. The number of aromatic nitrogens is 2. The summed E-state index contributed by atoms with van der Waals surface area (Å²) < 4.78 is 2.38. The molecule has 1 atom stereocenters. The molecule has 0 bridgehead atoms. The van der Waals surface area contributed by atoms with Crippen LogP contribution in [0.4, 0.5) is 0 Å². The normalized spacial score (nSPS) is 17.7. The van der Waals surface area contributed by atoms with Crippen LogP contribution in [0.2, 0.25) is 0 Å². The fraction of sp³-hybridized carbons (Fsp3) is 0.562. The van der Waals surface area contributed by atoms with E-state index in [4.69, 9.17) is 10.7 Å². The van der Waals surface area contributed by atoms with Crippen LogP contribution in [0, 0.1) is 13.8 Å². The summed E-state index contributed by atoms with van der Waals surface area (Å²) in [7, 11) is 0. The van der Waals surface area contributed by atoms with E-state index in [2.05, 4.69) is 37.5 Å². The Labute approximate surface area is 114 Å². The Kier molecular flexibility index (Phi) is 3.09. The average molecular weight is 257 g/mol. The van der Waals surface area contributed by atoms with E-state index in [1.807, 2.05) is 0 Å². The molecule has 0 amide bonds. The van der Waals surface area contributed by atoms with Gasteiger partial charge in [0.1, 0.15) is 5.82 Å². The molecule has 1 aromatic carbocycles. The number of hydrogen-bond donors (Lipinski definition) is 1. The molecule has 0 aliphatic heterocycles. The fourth-order valence-corrected chi connectivity index (χ4v) is 2.89. The van der Waals surface area contributed by atoms with Gasteiger partial charge in [-0.15, -0.1) is 0 Å². The smallest absolute Gasteiger partial charge is 0.113 e. The molecule has 3 rings (SSSR count). The third-order valence-corrected chi connectivity index (χ3v) is 4.58. The highest BCUT2D eigenvalue weighted by Gasteiger charge is 2.27. The quantitative estimate of drug-likeness (QED) is 0.915. The van der Waals surface area contributed by atoms with Crippen LogP contribution in [0.1, 0.15) is 55.1 Å². The lowest BCUT2D eigenvalue weighted by Gasteiger charge is -2.27. The van der Waals surface area contributed by atoms with Gasteiger partial charge in [-0.3, -0.25) is 0 Å². The summed E-state index contributed by atoms with van der Waals surface area (Å²) in [5.74, 6) is 1.89. The van der Waals surface area contributed by atoms with Crippen molar-refractivity contribution in [1.29, 1.82) is 0 Å². The molecule has 2 N–H and O–H groups in total. The van der Waals surface area contributed by atoms with E-state index in [9.17, 15) is 0 Å². The summed E-state index contributed by atoms with van der Waals surface area (Å²) in [6.45, 7) is 7.18. The van der Waals surface area contributed by atoms with E-state index in [1.54, 1.807) is 0 Å². The first kappa shape index (κ1) is 12.7. The molecule has 1 saturated carbocycles. The Morgan fingerprint density at radius 1 is 1.32 bits per heavy atom. The van der Waals surface area contributed by atoms with Crippen LogP contribution in [0.5, 0.6) is 0 Å². The van der Waals surface area contributed by atoms with E-state index in [0.717, 1.165) is 5.52 Å². The third-order valence-electron chi connectivity index (χ3n) is 4.58. The minimum atomic E-state index is 0.322. The molecule has 19 heavy (non-hydrogen) atoms. The molecule has 3 heteroatoms. The maximum atomic E-state index is 5.90. The summed E-state index contributed by atoms with van der Waals surface area (Å²) in [5, 5.41) is 0. The van der Waals surface area contributed by atoms with Crippen LogP contribution in [-0.2, 0) is 0 Å². The van der Waals surface area contributed by atoms with Gasteiger partial charge in [0, 0.05) is 18.5 Å². The molecule has 2 aromatic rings. The predicted molar refractivity (Wildman–Crippen MR) is 79.6 cm³/mol. The first-order valence-electron chi connectivity index (χ1n) is 7.31. The number of imidazole rings is 1. The van der Waals surface area contributed by atoms with Crippen molar-refractivity contribution >= 4 is 11.0 Å². The standard InChI is InChI=1S/C16H23N3/c1-10-7-14-15(8-11(10)2)19(12(3)9-17)16(18-14)13-5-4-6-13/h7-8,12-13H,4-6,9,17H2,1-3H3. The SMILES string of the molecule is Cc1cc2nc(C3CCC3)n(C(C)CN)c2cc1C. The summed E-state index contributed by atoms with van der Waals surface area (Å²) in [5.41, 5.74) is 10.9. The molecule has 0 radical (unpaired) electrons. The highest BCUT2D eigenvalue weighted by molar-refractivity contribution is 5.78. The number of fused-ring (bicyclic) bond motifs is 1. The lowest BCUT2D eigenvalue weighted by molar-refractivity contribution is 0.378. The van der Waals surface area contributed by atoms with Crippen molar-refractivity contribution in [3.63, 3.8) is 0 Å². The molecule has 3 nitrogen and oxygen atoms in total. The van der Waals surface area contributed by atoms with E-state index in [1.165, 1.54) is 41.7 Å². The van der Waals surface area contributed by atoms with Gasteiger partial charge in [-0.2, -0.15) is 0 Å². The van der Waals surface area contributed by atoms with Gasteiger partial charge in [0.15, 0.2) is 0 Å². The van der Waals surface area contributed by atoms with Gasteiger partial charge in [-0.25, -0.2) is 4.98 Å². The Balaban J connectivity index is 2.23. The summed E-state index contributed by atoms with van der Waals surface area (Å²) >= 11 is 0. The molecule has 1 unspecified atom stereocenters. The molecule has 1 aromatic heterocycles. The summed E-state index contributed by atoms with van der Waals surface area (Å²) in [4.78, 5) is 4.91. The first-order valence-corrected chi connectivity index (χ1v) is 7.31. The van der Waals surface area contributed by atoms with Crippen molar-refractivity contribution in [2.45, 2.75) is 52.0 Å². The number of nitrogens with two attached hydrogens (primary N) is 1. The Morgan fingerprint density at radius 2 is 2.00 bits per heavy atom. The van der Waals surface area contributed by atoms with E-state index >= 15 is 0 Å². The highest BCUT2D eigenvalue weighted by Crippen LogP contribution is 2.38. The number of hydrogen-bond acceptors (Lipinski definition) is 2. The van der Waals surface area contributed by atoms with Gasteiger partial charge < -0.3 is 10.3 Å². The van der Waals surface area contributed by atoms with Gasteiger partial charge in [0.25, 0.3) is 0 Å². The van der Waals surface area contributed by atoms with Crippen LogP contribution >= 0.6 is 0 Å². The average Bonchev–Trinajstić information content (AvgIpc) is 2.65. The van der Waals surface area contributed by atoms with E-state index in [0.29, 0.717) is 18.5 Å². The Bertz CT molecular complexity index is 608. The monoisotopic (exact) mass is 257 g/mol. The Hall–Kier alpha value is -1.35.